The lowest BCUT2D eigenvalue weighted by Crippen LogP contribution is -2.35. The van der Waals surface area contributed by atoms with E-state index in [0.29, 0.717) is 6.04 Å². The molecule has 1 aromatic carbocycles. The van der Waals surface area contributed by atoms with Crippen LogP contribution < -0.4 is 5.32 Å². The predicted octanol–water partition coefficient (Wildman–Crippen LogP) is 3.73. The number of nitrogens with one attached hydrogen (secondary N) is 2. The van der Waals surface area contributed by atoms with Gasteiger partial charge in [0.25, 0.3) is 0 Å². The zero-order chi connectivity index (χ0) is 13.4. The molecule has 2 aliphatic rings. The second-order valence-corrected chi connectivity index (χ2v) is 6.52. The lowest BCUT2D eigenvalue weighted by molar-refractivity contribution is 0.399. The fraction of sp³-hybridized carbons (Fsp3) is 0.556. The molecule has 0 spiro atoms. The van der Waals surface area contributed by atoms with E-state index in [2.05, 4.69) is 28.5 Å². The molecule has 2 heteroatoms. The minimum Gasteiger partial charge on any atom is -0.358 e. The number of aromatic amines is 1. The highest BCUT2D eigenvalue weighted by atomic mass is 14.9. The molecule has 106 valence electrons. The summed E-state index contributed by atoms with van der Waals surface area (Å²) in [5.41, 5.74) is 5.95. The number of hydrogen-bond donors (Lipinski definition) is 2. The first-order valence-corrected chi connectivity index (χ1v) is 8.26. The minimum atomic E-state index is 0.691. The van der Waals surface area contributed by atoms with Crippen molar-refractivity contribution in [1.29, 1.82) is 0 Å². The van der Waals surface area contributed by atoms with Gasteiger partial charge in [-0.05, 0) is 74.8 Å². The van der Waals surface area contributed by atoms with Crippen molar-refractivity contribution >= 4 is 10.9 Å². The summed E-state index contributed by atoms with van der Waals surface area (Å²) in [5.74, 6) is 0. The third-order valence-electron chi connectivity index (χ3n) is 5.06. The summed E-state index contributed by atoms with van der Waals surface area (Å²) in [5, 5.41) is 5.16. The molecule has 2 N–H and O–H groups in total. The zero-order valence-corrected chi connectivity index (χ0v) is 12.2. The Bertz CT molecular complexity index is 605. The van der Waals surface area contributed by atoms with Crippen molar-refractivity contribution in [2.45, 2.75) is 57.4 Å². The van der Waals surface area contributed by atoms with Crippen molar-refractivity contribution in [3.8, 4) is 0 Å². The van der Waals surface area contributed by atoms with Crippen LogP contribution in [0.25, 0.3) is 10.9 Å². The average Bonchev–Trinajstić information content (AvgIpc) is 2.86. The summed E-state index contributed by atoms with van der Waals surface area (Å²) >= 11 is 0. The Morgan fingerprint density at radius 2 is 2.00 bits per heavy atom. The number of aromatic nitrogens is 1. The van der Waals surface area contributed by atoms with Gasteiger partial charge in [0.1, 0.15) is 0 Å². The molecule has 2 heterocycles. The highest BCUT2D eigenvalue weighted by Gasteiger charge is 2.17. The van der Waals surface area contributed by atoms with E-state index in [1.165, 1.54) is 80.1 Å². The summed E-state index contributed by atoms with van der Waals surface area (Å²) in [6.45, 7) is 1.20. The number of piperidine rings is 1. The van der Waals surface area contributed by atoms with E-state index in [4.69, 9.17) is 0 Å². The van der Waals surface area contributed by atoms with Gasteiger partial charge in [0.15, 0.2) is 0 Å². The second-order valence-electron chi connectivity index (χ2n) is 6.52. The Kier molecular flexibility index (Phi) is 3.27. The average molecular weight is 268 g/mol. The molecule has 0 radical (unpaired) electrons. The van der Waals surface area contributed by atoms with Crippen molar-refractivity contribution in [2.24, 2.45) is 0 Å². The van der Waals surface area contributed by atoms with Crippen LogP contribution in [-0.2, 0) is 19.3 Å². The smallest absolute Gasteiger partial charge is 0.0459 e. The third kappa shape index (κ3) is 2.26. The fourth-order valence-corrected chi connectivity index (χ4v) is 3.96. The maximum absolute atomic E-state index is 3.66. The van der Waals surface area contributed by atoms with E-state index < -0.39 is 0 Å². The van der Waals surface area contributed by atoms with E-state index in [1.807, 2.05) is 0 Å². The van der Waals surface area contributed by atoms with Gasteiger partial charge in [0.05, 0.1) is 0 Å². The first-order chi connectivity index (χ1) is 9.90. The summed E-state index contributed by atoms with van der Waals surface area (Å²) < 4.78 is 0. The first-order valence-electron chi connectivity index (χ1n) is 8.26. The standard InChI is InChI=1S/C18H24N2/c1-2-7-17-15(6-1)16-12-13(8-9-18(16)20-17)11-14-5-3-4-10-19-14/h8-9,12,14,19-20H,1-7,10-11H2. The van der Waals surface area contributed by atoms with Gasteiger partial charge in [0.2, 0.25) is 0 Å². The molecule has 1 aromatic heterocycles. The largest absolute Gasteiger partial charge is 0.358 e. The topological polar surface area (TPSA) is 27.8 Å². The van der Waals surface area contributed by atoms with Gasteiger partial charge in [-0.25, -0.2) is 0 Å². The normalized spacial score (nSPS) is 22.9. The van der Waals surface area contributed by atoms with Gasteiger partial charge in [-0.1, -0.05) is 12.5 Å². The Morgan fingerprint density at radius 3 is 2.90 bits per heavy atom. The molecular weight excluding hydrogens is 244 g/mol. The molecule has 1 unspecified atom stereocenters. The van der Waals surface area contributed by atoms with Crippen LogP contribution in [0.2, 0.25) is 0 Å². The molecule has 2 aromatic rings. The lowest BCUT2D eigenvalue weighted by Gasteiger charge is -2.23. The van der Waals surface area contributed by atoms with Crippen LogP contribution in [0, 0.1) is 0 Å². The SMILES string of the molecule is c1cc2[nH]c3c(c2cc1CC1CCCCN1)CCCC3. The summed E-state index contributed by atoms with van der Waals surface area (Å²) in [7, 11) is 0. The van der Waals surface area contributed by atoms with Gasteiger partial charge in [-0.2, -0.15) is 0 Å². The third-order valence-corrected chi connectivity index (χ3v) is 5.06. The van der Waals surface area contributed by atoms with E-state index in [-0.39, 0.29) is 0 Å². The molecule has 1 aliphatic carbocycles. The highest BCUT2D eigenvalue weighted by Crippen LogP contribution is 2.30. The number of hydrogen-bond acceptors (Lipinski definition) is 1. The predicted molar refractivity (Wildman–Crippen MR) is 84.3 cm³/mol. The molecule has 4 rings (SSSR count). The summed E-state index contributed by atoms with van der Waals surface area (Å²) in [4.78, 5) is 3.63. The van der Waals surface area contributed by atoms with Gasteiger partial charge < -0.3 is 10.3 Å². The molecule has 0 saturated carbocycles. The van der Waals surface area contributed by atoms with E-state index in [9.17, 15) is 0 Å². The fourth-order valence-electron chi connectivity index (χ4n) is 3.96. The van der Waals surface area contributed by atoms with Crippen LogP contribution in [0.15, 0.2) is 18.2 Å². The Labute approximate surface area is 121 Å². The van der Waals surface area contributed by atoms with Crippen LogP contribution in [0.4, 0.5) is 0 Å². The number of benzene rings is 1. The Balaban J connectivity index is 1.63. The summed E-state index contributed by atoms with van der Waals surface area (Å²) in [6.07, 6.45) is 10.5. The molecule has 20 heavy (non-hydrogen) atoms. The minimum absolute atomic E-state index is 0.691. The molecule has 1 atom stereocenters. The molecule has 0 bridgehead atoms. The number of H-pyrrole nitrogens is 1. The molecular formula is C18H24N2. The van der Waals surface area contributed by atoms with Crippen molar-refractivity contribution in [3.63, 3.8) is 0 Å². The highest BCUT2D eigenvalue weighted by molar-refractivity contribution is 5.85. The van der Waals surface area contributed by atoms with Crippen molar-refractivity contribution in [3.05, 3.63) is 35.0 Å². The molecule has 1 saturated heterocycles. The van der Waals surface area contributed by atoms with Crippen LogP contribution in [0.5, 0.6) is 0 Å². The van der Waals surface area contributed by atoms with E-state index in [1.54, 1.807) is 5.56 Å². The lowest BCUT2D eigenvalue weighted by atomic mass is 9.93. The maximum Gasteiger partial charge on any atom is 0.0459 e. The Morgan fingerprint density at radius 1 is 1.05 bits per heavy atom. The van der Waals surface area contributed by atoms with Crippen LogP contribution >= 0.6 is 0 Å². The van der Waals surface area contributed by atoms with E-state index in [0.717, 1.165) is 0 Å². The van der Waals surface area contributed by atoms with Gasteiger partial charge in [-0.15, -0.1) is 0 Å². The Hall–Kier alpha value is -1.28. The van der Waals surface area contributed by atoms with Crippen LogP contribution in [-0.4, -0.2) is 17.6 Å². The quantitative estimate of drug-likeness (QED) is 0.853. The van der Waals surface area contributed by atoms with Crippen molar-refractivity contribution < 1.29 is 0 Å². The van der Waals surface area contributed by atoms with Gasteiger partial charge in [0, 0.05) is 22.6 Å². The van der Waals surface area contributed by atoms with Gasteiger partial charge >= 0.3 is 0 Å². The molecule has 1 fully saturated rings. The zero-order valence-electron chi connectivity index (χ0n) is 12.2. The number of rotatable bonds is 2. The first kappa shape index (κ1) is 12.5. The van der Waals surface area contributed by atoms with Gasteiger partial charge in [-0.3, -0.25) is 0 Å². The number of aryl methyl sites for hydroxylation is 2. The van der Waals surface area contributed by atoms with Crippen molar-refractivity contribution in [1.82, 2.24) is 10.3 Å². The molecule has 2 nitrogen and oxygen atoms in total. The molecule has 0 amide bonds. The van der Waals surface area contributed by atoms with Crippen LogP contribution in [0.1, 0.15) is 48.9 Å². The van der Waals surface area contributed by atoms with Crippen molar-refractivity contribution in [2.75, 3.05) is 6.54 Å². The maximum atomic E-state index is 3.66. The number of fused-ring (bicyclic) bond motifs is 3. The molecule has 1 aliphatic heterocycles. The van der Waals surface area contributed by atoms with E-state index >= 15 is 0 Å². The second kappa shape index (κ2) is 5.25. The monoisotopic (exact) mass is 268 g/mol. The summed E-state index contributed by atoms with van der Waals surface area (Å²) in [6, 6.07) is 7.76. The van der Waals surface area contributed by atoms with Crippen LogP contribution in [0.3, 0.4) is 0 Å².